The van der Waals surface area contributed by atoms with Crippen molar-refractivity contribution in [3.8, 4) is 0 Å². The Hall–Kier alpha value is 0.447. The third-order valence-electron chi connectivity index (χ3n) is 2.12. The van der Waals surface area contributed by atoms with Gasteiger partial charge in [0.05, 0.1) is 0 Å². The van der Waals surface area contributed by atoms with Crippen LogP contribution in [-0.2, 0) is 13.3 Å². The van der Waals surface area contributed by atoms with Crippen molar-refractivity contribution < 1.29 is 13.3 Å². The summed E-state index contributed by atoms with van der Waals surface area (Å²) in [6, 6.07) is 0. The van der Waals surface area contributed by atoms with Gasteiger partial charge in [0, 0.05) is 25.4 Å². The van der Waals surface area contributed by atoms with Crippen LogP contribution in [0.5, 0.6) is 0 Å². The van der Waals surface area contributed by atoms with Crippen molar-refractivity contribution in [1.82, 2.24) is 0 Å². The molecule has 0 aromatic rings. The first kappa shape index (κ1) is 11.5. The lowest BCUT2D eigenvalue weighted by Gasteiger charge is -2.36. The zero-order valence-corrected chi connectivity index (χ0v) is 10.2. The molecular formula is C8H18O3SSi. The fourth-order valence-electron chi connectivity index (χ4n) is 1.35. The fourth-order valence-corrected chi connectivity index (χ4v) is 4.61. The van der Waals surface area contributed by atoms with Gasteiger partial charge in [0.25, 0.3) is 0 Å². The van der Waals surface area contributed by atoms with Gasteiger partial charge < -0.3 is 13.3 Å². The highest BCUT2D eigenvalue weighted by molar-refractivity contribution is 7.80. The minimum Gasteiger partial charge on any atom is -0.374 e. The summed E-state index contributed by atoms with van der Waals surface area (Å²) in [5.41, 5.74) is 0.288. The van der Waals surface area contributed by atoms with Crippen molar-refractivity contribution in [3.63, 3.8) is 0 Å². The molecule has 3 nitrogen and oxygen atoms in total. The van der Waals surface area contributed by atoms with Crippen LogP contribution in [0.25, 0.3) is 0 Å². The van der Waals surface area contributed by atoms with Gasteiger partial charge in [-0.15, -0.1) is 0 Å². The average molecular weight is 222 g/mol. The molecule has 5 heteroatoms. The van der Waals surface area contributed by atoms with Crippen molar-refractivity contribution in [2.45, 2.75) is 25.8 Å². The summed E-state index contributed by atoms with van der Waals surface area (Å²) >= 11 is 4.27. The molecule has 13 heavy (non-hydrogen) atoms. The minimum absolute atomic E-state index is 0.288. The topological polar surface area (TPSA) is 27.7 Å². The van der Waals surface area contributed by atoms with Crippen LogP contribution < -0.4 is 0 Å². The van der Waals surface area contributed by atoms with E-state index in [1.165, 1.54) is 0 Å². The first-order chi connectivity index (χ1) is 6.25. The van der Waals surface area contributed by atoms with E-state index in [1.54, 1.807) is 0 Å². The Morgan fingerprint density at radius 3 is 2.54 bits per heavy atom. The van der Waals surface area contributed by atoms with Crippen LogP contribution in [0.15, 0.2) is 0 Å². The second kappa shape index (κ2) is 5.36. The molecule has 1 atom stereocenters. The summed E-state index contributed by atoms with van der Waals surface area (Å²) in [5.74, 6) is 0.756. The van der Waals surface area contributed by atoms with Crippen LogP contribution in [0.3, 0.4) is 0 Å². The Morgan fingerprint density at radius 1 is 1.46 bits per heavy atom. The highest BCUT2D eigenvalue weighted by atomic mass is 32.1. The van der Waals surface area contributed by atoms with Crippen LogP contribution in [-0.4, -0.2) is 34.4 Å². The monoisotopic (exact) mass is 222 g/mol. The Kier molecular flexibility index (Phi) is 4.75. The lowest BCUT2D eigenvalue weighted by Crippen LogP contribution is -2.53. The molecule has 78 valence electrons. The number of hydrogen-bond donors (Lipinski definition) is 1. The maximum absolute atomic E-state index is 5.70. The second-order valence-corrected chi connectivity index (χ2v) is 6.59. The van der Waals surface area contributed by atoms with Crippen LogP contribution >= 0.6 is 12.6 Å². The molecule has 1 fully saturated rings. The third kappa shape index (κ3) is 2.70. The summed E-state index contributed by atoms with van der Waals surface area (Å²) in [7, 11) is -2.36. The molecule has 1 unspecified atom stereocenters. The Bertz CT molecular complexity index is 145. The van der Waals surface area contributed by atoms with Gasteiger partial charge in [-0.2, -0.15) is 12.6 Å². The van der Waals surface area contributed by atoms with E-state index in [4.69, 9.17) is 13.3 Å². The molecule has 1 heterocycles. The standard InChI is InChI=1S/C8H18O3SSi/c1-3-9-13(8(2)7-12)10-5-4-6-11-13/h8,12H,3-7H2,1-2H3. The van der Waals surface area contributed by atoms with Gasteiger partial charge >= 0.3 is 8.80 Å². The zero-order chi connectivity index (χ0) is 9.73. The summed E-state index contributed by atoms with van der Waals surface area (Å²) in [6.07, 6.45) is 0.973. The summed E-state index contributed by atoms with van der Waals surface area (Å²) < 4.78 is 17.1. The molecule has 1 rings (SSSR count). The maximum atomic E-state index is 5.70. The predicted molar refractivity (Wildman–Crippen MR) is 57.2 cm³/mol. The van der Waals surface area contributed by atoms with Gasteiger partial charge in [-0.1, -0.05) is 6.92 Å². The molecule has 0 aliphatic carbocycles. The van der Waals surface area contributed by atoms with E-state index in [1.807, 2.05) is 6.92 Å². The van der Waals surface area contributed by atoms with E-state index in [9.17, 15) is 0 Å². The number of hydrogen-bond acceptors (Lipinski definition) is 4. The molecule has 0 bridgehead atoms. The van der Waals surface area contributed by atoms with Crippen LogP contribution in [0, 0.1) is 0 Å². The van der Waals surface area contributed by atoms with Gasteiger partial charge in [-0.3, -0.25) is 0 Å². The van der Waals surface area contributed by atoms with Crippen LogP contribution in [0.1, 0.15) is 20.3 Å². The molecule has 0 radical (unpaired) electrons. The van der Waals surface area contributed by atoms with Gasteiger partial charge in [0.2, 0.25) is 0 Å². The Morgan fingerprint density at radius 2 is 2.08 bits per heavy atom. The molecule has 1 aliphatic rings. The van der Waals surface area contributed by atoms with Gasteiger partial charge in [-0.25, -0.2) is 0 Å². The van der Waals surface area contributed by atoms with E-state index in [0.29, 0.717) is 6.61 Å². The SMILES string of the molecule is CCO[Si]1(C(C)CS)OCCCO1. The quantitative estimate of drug-likeness (QED) is 0.580. The highest BCUT2D eigenvalue weighted by Crippen LogP contribution is 2.29. The van der Waals surface area contributed by atoms with E-state index in [0.717, 1.165) is 25.4 Å². The van der Waals surface area contributed by atoms with Crippen LogP contribution in [0.2, 0.25) is 5.54 Å². The van der Waals surface area contributed by atoms with Gasteiger partial charge in [-0.05, 0) is 19.1 Å². The molecule has 0 saturated carbocycles. The molecule has 0 aromatic carbocycles. The van der Waals surface area contributed by atoms with Crippen molar-refractivity contribution >= 4 is 21.4 Å². The van der Waals surface area contributed by atoms with E-state index >= 15 is 0 Å². The van der Waals surface area contributed by atoms with Gasteiger partial charge in [0.15, 0.2) is 0 Å². The van der Waals surface area contributed by atoms with Crippen LogP contribution in [0.4, 0.5) is 0 Å². The lowest BCUT2D eigenvalue weighted by atomic mass is 10.5. The van der Waals surface area contributed by atoms with Crippen molar-refractivity contribution in [1.29, 1.82) is 0 Å². The zero-order valence-electron chi connectivity index (χ0n) is 8.28. The first-order valence-corrected chi connectivity index (χ1v) is 7.21. The van der Waals surface area contributed by atoms with E-state index in [2.05, 4.69) is 19.6 Å². The maximum Gasteiger partial charge on any atom is 0.504 e. The van der Waals surface area contributed by atoms with Crippen molar-refractivity contribution in [2.24, 2.45) is 0 Å². The van der Waals surface area contributed by atoms with Crippen molar-refractivity contribution in [3.05, 3.63) is 0 Å². The largest absolute Gasteiger partial charge is 0.504 e. The second-order valence-electron chi connectivity index (χ2n) is 3.17. The molecule has 1 saturated heterocycles. The third-order valence-corrected chi connectivity index (χ3v) is 6.32. The van der Waals surface area contributed by atoms with E-state index in [-0.39, 0.29) is 5.54 Å². The summed E-state index contributed by atoms with van der Waals surface area (Å²) in [6.45, 7) is 6.25. The summed E-state index contributed by atoms with van der Waals surface area (Å²) in [5, 5.41) is 0. The number of thiol groups is 1. The number of rotatable bonds is 4. The van der Waals surface area contributed by atoms with Gasteiger partial charge in [0.1, 0.15) is 0 Å². The predicted octanol–water partition coefficient (Wildman–Crippen LogP) is 1.72. The molecular weight excluding hydrogens is 204 g/mol. The fraction of sp³-hybridized carbons (Fsp3) is 1.00. The molecule has 0 spiro atoms. The smallest absolute Gasteiger partial charge is 0.374 e. The first-order valence-electron chi connectivity index (χ1n) is 4.78. The Balaban J connectivity index is 2.60. The Labute approximate surface area is 86.5 Å². The molecule has 0 N–H and O–H groups in total. The summed E-state index contributed by atoms with van der Waals surface area (Å²) in [4.78, 5) is 0. The minimum atomic E-state index is -2.36. The molecule has 0 aromatic heterocycles. The van der Waals surface area contributed by atoms with E-state index < -0.39 is 8.80 Å². The lowest BCUT2D eigenvalue weighted by molar-refractivity contribution is 0.0191. The average Bonchev–Trinajstić information content (AvgIpc) is 2.18. The molecule has 0 amide bonds. The normalized spacial score (nSPS) is 24.2. The van der Waals surface area contributed by atoms with Crippen molar-refractivity contribution in [2.75, 3.05) is 25.6 Å². The highest BCUT2D eigenvalue weighted by Gasteiger charge is 2.47. The molecule has 1 aliphatic heterocycles.